The second-order valence-electron chi connectivity index (χ2n) is 6.66. The number of aliphatic imine (C=N–C) groups is 1. The van der Waals surface area contributed by atoms with E-state index in [4.69, 9.17) is 9.73 Å². The van der Waals surface area contributed by atoms with Crippen LogP contribution in [0.1, 0.15) is 18.1 Å². The Morgan fingerprint density at radius 1 is 1.18 bits per heavy atom. The average Bonchev–Trinajstić information content (AvgIpc) is 3.06. The van der Waals surface area contributed by atoms with Crippen LogP contribution in [0, 0.1) is 6.92 Å². The average molecular weight is 387 g/mol. The topological polar surface area (TPSA) is 96.6 Å². The van der Waals surface area contributed by atoms with Crippen LogP contribution in [-0.4, -0.2) is 82.0 Å². The summed E-state index contributed by atoms with van der Waals surface area (Å²) in [5, 5.41) is 11.8. The Morgan fingerprint density at radius 3 is 2.57 bits per heavy atom. The summed E-state index contributed by atoms with van der Waals surface area (Å²) < 4.78 is 7.11. The summed E-state index contributed by atoms with van der Waals surface area (Å²) in [5.74, 6) is 3.41. The number of hydrogen-bond donors (Lipinski definition) is 1. The van der Waals surface area contributed by atoms with E-state index >= 15 is 0 Å². The number of aromatic nitrogens is 5. The minimum Gasteiger partial charge on any atom is -0.385 e. The number of nitrogens with zero attached hydrogens (tertiary/aromatic N) is 8. The van der Waals surface area contributed by atoms with Gasteiger partial charge >= 0.3 is 0 Å². The molecule has 0 unspecified atom stereocenters. The maximum atomic E-state index is 5.14. The summed E-state index contributed by atoms with van der Waals surface area (Å²) in [4.78, 5) is 18.0. The standard InChI is InChI=1S/C18H29N9O/c1-15-23-24-16(25(15)2)14-22-18(21-8-5-13-28-3)27-11-9-26(10-12-27)17-19-6-4-7-20-17/h4,6-7H,5,8-14H2,1-3H3,(H,21,22). The van der Waals surface area contributed by atoms with Crippen LogP contribution < -0.4 is 10.2 Å². The van der Waals surface area contributed by atoms with Crippen molar-refractivity contribution in [3.63, 3.8) is 0 Å². The van der Waals surface area contributed by atoms with Gasteiger partial charge in [0.1, 0.15) is 12.4 Å². The molecule has 2 aromatic heterocycles. The largest absolute Gasteiger partial charge is 0.385 e. The third-order valence-corrected chi connectivity index (χ3v) is 4.78. The van der Waals surface area contributed by atoms with E-state index in [0.29, 0.717) is 6.54 Å². The Balaban J connectivity index is 1.63. The van der Waals surface area contributed by atoms with Crippen LogP contribution in [0.4, 0.5) is 5.95 Å². The maximum Gasteiger partial charge on any atom is 0.225 e. The van der Waals surface area contributed by atoms with Gasteiger partial charge in [0.25, 0.3) is 0 Å². The number of guanidine groups is 1. The zero-order valence-corrected chi connectivity index (χ0v) is 16.9. The number of anilines is 1. The van der Waals surface area contributed by atoms with Crippen LogP contribution in [0.2, 0.25) is 0 Å². The number of hydrogen-bond acceptors (Lipinski definition) is 7. The first-order valence-electron chi connectivity index (χ1n) is 9.58. The molecular formula is C18H29N9O. The highest BCUT2D eigenvalue weighted by molar-refractivity contribution is 5.80. The minimum atomic E-state index is 0.492. The first kappa shape index (κ1) is 20.0. The van der Waals surface area contributed by atoms with Crippen molar-refractivity contribution in [2.24, 2.45) is 12.0 Å². The van der Waals surface area contributed by atoms with Gasteiger partial charge in [0.2, 0.25) is 5.95 Å². The summed E-state index contributed by atoms with van der Waals surface area (Å²) in [6, 6.07) is 1.84. The highest BCUT2D eigenvalue weighted by Gasteiger charge is 2.21. The summed E-state index contributed by atoms with van der Waals surface area (Å²) in [6.45, 7) is 7.38. The Kier molecular flexibility index (Phi) is 7.12. The van der Waals surface area contributed by atoms with Crippen LogP contribution in [0.15, 0.2) is 23.5 Å². The molecule has 2 aromatic rings. The first-order valence-corrected chi connectivity index (χ1v) is 9.58. The van der Waals surface area contributed by atoms with Crippen molar-refractivity contribution in [1.82, 2.24) is 34.9 Å². The van der Waals surface area contributed by atoms with E-state index in [-0.39, 0.29) is 0 Å². The highest BCUT2D eigenvalue weighted by atomic mass is 16.5. The van der Waals surface area contributed by atoms with Crippen molar-refractivity contribution in [2.45, 2.75) is 19.9 Å². The molecule has 3 rings (SSSR count). The second-order valence-corrected chi connectivity index (χ2v) is 6.66. The molecule has 0 radical (unpaired) electrons. The Labute approximate surface area is 165 Å². The van der Waals surface area contributed by atoms with Gasteiger partial charge in [-0.25, -0.2) is 15.0 Å². The van der Waals surface area contributed by atoms with Gasteiger partial charge in [-0.1, -0.05) is 0 Å². The first-order chi connectivity index (χ1) is 13.7. The van der Waals surface area contributed by atoms with E-state index in [1.807, 2.05) is 24.6 Å². The van der Waals surface area contributed by atoms with E-state index in [9.17, 15) is 0 Å². The summed E-state index contributed by atoms with van der Waals surface area (Å²) in [7, 11) is 3.68. The van der Waals surface area contributed by atoms with Crippen molar-refractivity contribution in [3.05, 3.63) is 30.1 Å². The van der Waals surface area contributed by atoms with E-state index in [0.717, 1.165) is 69.3 Å². The minimum absolute atomic E-state index is 0.492. The van der Waals surface area contributed by atoms with E-state index in [2.05, 4.69) is 35.3 Å². The molecule has 0 aromatic carbocycles. The van der Waals surface area contributed by atoms with Gasteiger partial charge in [-0.2, -0.15) is 0 Å². The number of rotatable bonds is 7. The van der Waals surface area contributed by atoms with Gasteiger partial charge in [0.05, 0.1) is 0 Å². The van der Waals surface area contributed by atoms with Gasteiger partial charge in [-0.15, -0.1) is 10.2 Å². The Bertz CT molecular complexity index is 754. The molecule has 0 bridgehead atoms. The van der Waals surface area contributed by atoms with Gasteiger partial charge in [-0.3, -0.25) is 0 Å². The van der Waals surface area contributed by atoms with Crippen molar-refractivity contribution in [3.8, 4) is 0 Å². The monoisotopic (exact) mass is 387 g/mol. The lowest BCUT2D eigenvalue weighted by molar-refractivity contribution is 0.195. The normalized spacial score (nSPS) is 15.2. The lowest BCUT2D eigenvalue weighted by Gasteiger charge is -2.36. The molecule has 1 saturated heterocycles. The Morgan fingerprint density at radius 2 is 1.93 bits per heavy atom. The molecular weight excluding hydrogens is 358 g/mol. The molecule has 10 nitrogen and oxygen atoms in total. The van der Waals surface area contributed by atoms with Crippen LogP contribution in [-0.2, 0) is 18.3 Å². The zero-order chi connectivity index (χ0) is 19.8. The summed E-state index contributed by atoms with van der Waals surface area (Å²) in [6.07, 6.45) is 4.49. The third kappa shape index (κ3) is 5.16. The molecule has 1 aliphatic rings. The molecule has 0 saturated carbocycles. The van der Waals surface area contributed by atoms with Crippen LogP contribution >= 0.6 is 0 Å². The molecule has 0 aliphatic carbocycles. The molecule has 152 valence electrons. The van der Waals surface area contributed by atoms with Crippen molar-refractivity contribution >= 4 is 11.9 Å². The molecule has 1 aliphatic heterocycles. The van der Waals surface area contributed by atoms with Crippen molar-refractivity contribution < 1.29 is 4.74 Å². The van der Waals surface area contributed by atoms with Crippen molar-refractivity contribution in [2.75, 3.05) is 51.3 Å². The predicted molar refractivity (Wildman–Crippen MR) is 107 cm³/mol. The van der Waals surface area contributed by atoms with Gasteiger partial charge in [-0.05, 0) is 19.4 Å². The Hall–Kier alpha value is -2.75. The van der Waals surface area contributed by atoms with Gasteiger partial charge < -0.3 is 24.4 Å². The van der Waals surface area contributed by atoms with Crippen LogP contribution in [0.25, 0.3) is 0 Å². The fraction of sp³-hybridized carbons (Fsp3) is 0.611. The second kappa shape index (κ2) is 9.98. The summed E-state index contributed by atoms with van der Waals surface area (Å²) in [5.41, 5.74) is 0. The zero-order valence-electron chi connectivity index (χ0n) is 16.9. The van der Waals surface area contributed by atoms with E-state index < -0.39 is 0 Å². The number of piperazine rings is 1. The van der Waals surface area contributed by atoms with Crippen molar-refractivity contribution in [1.29, 1.82) is 0 Å². The summed E-state index contributed by atoms with van der Waals surface area (Å²) >= 11 is 0. The molecule has 0 amide bonds. The quantitative estimate of drug-likeness (QED) is 0.409. The number of ether oxygens (including phenoxy) is 1. The molecule has 1 fully saturated rings. The predicted octanol–water partition coefficient (Wildman–Crippen LogP) is 0.218. The SMILES string of the molecule is COCCCNC(=NCc1nnc(C)n1C)N1CCN(c2ncccn2)CC1. The smallest absolute Gasteiger partial charge is 0.225 e. The van der Waals surface area contributed by atoms with E-state index in [1.54, 1.807) is 19.5 Å². The van der Waals surface area contributed by atoms with Gasteiger partial charge in [0, 0.05) is 65.9 Å². The fourth-order valence-corrected chi connectivity index (χ4v) is 2.99. The third-order valence-electron chi connectivity index (χ3n) is 4.78. The number of aryl methyl sites for hydroxylation is 1. The molecule has 0 spiro atoms. The number of methoxy groups -OCH3 is 1. The molecule has 0 atom stereocenters. The lowest BCUT2D eigenvalue weighted by atomic mass is 10.3. The van der Waals surface area contributed by atoms with E-state index in [1.165, 1.54) is 0 Å². The maximum absolute atomic E-state index is 5.14. The molecule has 1 N–H and O–H groups in total. The number of nitrogens with one attached hydrogen (secondary N) is 1. The lowest BCUT2D eigenvalue weighted by Crippen LogP contribution is -2.53. The molecule has 3 heterocycles. The van der Waals surface area contributed by atoms with Gasteiger partial charge in [0.15, 0.2) is 11.8 Å². The highest BCUT2D eigenvalue weighted by Crippen LogP contribution is 2.10. The van der Waals surface area contributed by atoms with Crippen LogP contribution in [0.3, 0.4) is 0 Å². The fourth-order valence-electron chi connectivity index (χ4n) is 2.99. The molecule has 28 heavy (non-hydrogen) atoms. The molecule has 10 heteroatoms. The van der Waals surface area contributed by atoms with Crippen LogP contribution in [0.5, 0.6) is 0 Å².